The van der Waals surface area contributed by atoms with Gasteiger partial charge in [-0.15, -0.1) is 0 Å². The van der Waals surface area contributed by atoms with E-state index < -0.39 is 0 Å². The van der Waals surface area contributed by atoms with Crippen molar-refractivity contribution in [2.75, 3.05) is 38.7 Å². The van der Waals surface area contributed by atoms with Crippen molar-refractivity contribution >= 4 is 44.7 Å². The number of benzene rings is 2. The number of hydrogen-bond donors (Lipinski definition) is 1. The molecule has 2 aromatic carbocycles. The molecular weight excluding hydrogens is 492 g/mol. The number of thiocarbonyl (C=S) groups is 1. The van der Waals surface area contributed by atoms with Crippen molar-refractivity contribution in [1.82, 2.24) is 4.90 Å². The minimum Gasteiger partial charge on any atom is -0.494 e. The number of nitrogens with one attached hydrogen (secondary N) is 1. The number of methoxy groups -OCH3 is 1. The number of anilines is 1. The van der Waals surface area contributed by atoms with E-state index in [4.69, 9.17) is 26.4 Å². The van der Waals surface area contributed by atoms with E-state index in [0.717, 1.165) is 48.2 Å². The molecule has 1 fully saturated rings. The van der Waals surface area contributed by atoms with Crippen LogP contribution in [0.15, 0.2) is 40.9 Å². The average molecular weight is 521 g/mol. The van der Waals surface area contributed by atoms with Gasteiger partial charge in [-0.2, -0.15) is 0 Å². The lowest BCUT2D eigenvalue weighted by Gasteiger charge is -2.32. The highest BCUT2D eigenvalue weighted by Gasteiger charge is 2.21. The van der Waals surface area contributed by atoms with Crippen LogP contribution in [0, 0.1) is 5.92 Å². The number of rotatable bonds is 8. The monoisotopic (exact) mass is 520 g/mol. The van der Waals surface area contributed by atoms with Crippen molar-refractivity contribution in [3.8, 4) is 17.2 Å². The van der Waals surface area contributed by atoms with Gasteiger partial charge in [-0.05, 0) is 78.0 Å². The van der Waals surface area contributed by atoms with Gasteiger partial charge in [0.15, 0.2) is 18.1 Å². The van der Waals surface area contributed by atoms with Crippen LogP contribution in [-0.2, 0) is 4.79 Å². The summed E-state index contributed by atoms with van der Waals surface area (Å²) in [6.45, 7) is 6.56. The molecule has 1 heterocycles. The summed E-state index contributed by atoms with van der Waals surface area (Å²) in [5.74, 6) is 2.21. The van der Waals surface area contributed by atoms with Gasteiger partial charge in [-0.25, -0.2) is 0 Å². The number of halogens is 1. The van der Waals surface area contributed by atoms with E-state index in [9.17, 15) is 4.79 Å². The zero-order valence-electron chi connectivity index (χ0n) is 18.7. The van der Waals surface area contributed by atoms with Crippen molar-refractivity contribution in [2.45, 2.75) is 26.7 Å². The van der Waals surface area contributed by atoms with Gasteiger partial charge < -0.3 is 24.4 Å². The number of ether oxygens (including phenoxy) is 3. The van der Waals surface area contributed by atoms with Crippen molar-refractivity contribution in [1.29, 1.82) is 0 Å². The first kappa shape index (κ1) is 24.3. The van der Waals surface area contributed by atoms with Gasteiger partial charge in [0.2, 0.25) is 0 Å². The standard InChI is InChI=1S/C24H29BrN2O4S/c1-4-30-19-7-5-18(6-8-19)26-22(28)15-31-23-20(25)13-17(14-21(23)29-3)24(32)27-11-9-16(2)10-12-27/h5-8,13-14,16H,4,9-12,15H2,1-3H3,(H,26,28). The molecule has 172 valence electrons. The van der Waals surface area contributed by atoms with Crippen LogP contribution < -0.4 is 19.5 Å². The number of nitrogens with zero attached hydrogens (tertiary/aromatic N) is 1. The third-order valence-electron chi connectivity index (χ3n) is 5.34. The molecule has 1 amide bonds. The first-order chi connectivity index (χ1) is 15.4. The average Bonchev–Trinajstić information content (AvgIpc) is 2.79. The van der Waals surface area contributed by atoms with Crippen molar-refractivity contribution in [3.63, 3.8) is 0 Å². The van der Waals surface area contributed by atoms with Gasteiger partial charge in [-0.1, -0.05) is 19.1 Å². The predicted molar refractivity (Wildman–Crippen MR) is 134 cm³/mol. The maximum absolute atomic E-state index is 12.4. The Labute approximate surface area is 203 Å². The Morgan fingerprint density at radius 1 is 1.19 bits per heavy atom. The first-order valence-electron chi connectivity index (χ1n) is 10.7. The highest BCUT2D eigenvalue weighted by atomic mass is 79.9. The van der Waals surface area contributed by atoms with Gasteiger partial charge in [0.05, 0.1) is 18.2 Å². The van der Waals surface area contributed by atoms with E-state index in [-0.39, 0.29) is 12.5 Å². The lowest BCUT2D eigenvalue weighted by atomic mass is 9.99. The number of carbonyl (C=O) groups excluding carboxylic acids is 1. The second-order valence-corrected chi connectivity index (χ2v) is 9.00. The van der Waals surface area contributed by atoms with Crippen LogP contribution in [0.2, 0.25) is 0 Å². The summed E-state index contributed by atoms with van der Waals surface area (Å²) < 4.78 is 17.4. The minimum absolute atomic E-state index is 0.157. The molecule has 0 radical (unpaired) electrons. The number of hydrogen-bond acceptors (Lipinski definition) is 5. The summed E-state index contributed by atoms with van der Waals surface area (Å²) >= 11 is 9.28. The fourth-order valence-corrected chi connectivity index (χ4v) is 4.37. The summed E-state index contributed by atoms with van der Waals surface area (Å²) in [5, 5.41) is 2.81. The molecule has 0 bridgehead atoms. The Morgan fingerprint density at radius 2 is 1.88 bits per heavy atom. The van der Waals surface area contributed by atoms with Gasteiger partial charge in [-0.3, -0.25) is 4.79 Å². The summed E-state index contributed by atoms with van der Waals surface area (Å²) in [6.07, 6.45) is 2.28. The Balaban J connectivity index is 1.63. The van der Waals surface area contributed by atoms with E-state index in [1.165, 1.54) is 0 Å². The largest absolute Gasteiger partial charge is 0.494 e. The van der Waals surface area contributed by atoms with Gasteiger partial charge >= 0.3 is 0 Å². The molecule has 32 heavy (non-hydrogen) atoms. The third-order valence-corrected chi connectivity index (χ3v) is 6.43. The SMILES string of the molecule is CCOc1ccc(NC(=O)COc2c(Br)cc(C(=S)N3CCC(C)CC3)cc2OC)cc1. The van der Waals surface area contributed by atoms with Crippen LogP contribution in [0.3, 0.4) is 0 Å². The van der Waals surface area contributed by atoms with E-state index >= 15 is 0 Å². The van der Waals surface area contributed by atoms with Crippen LogP contribution in [0.25, 0.3) is 0 Å². The quantitative estimate of drug-likeness (QED) is 0.477. The number of piperidine rings is 1. The molecule has 0 spiro atoms. The van der Waals surface area contributed by atoms with Gasteiger partial charge in [0.25, 0.3) is 5.91 Å². The molecule has 0 unspecified atom stereocenters. The topological polar surface area (TPSA) is 60.0 Å². The summed E-state index contributed by atoms with van der Waals surface area (Å²) in [5.41, 5.74) is 1.56. The van der Waals surface area contributed by atoms with Crippen LogP contribution in [0.1, 0.15) is 32.3 Å². The van der Waals surface area contributed by atoms with Gasteiger partial charge in [0.1, 0.15) is 10.7 Å². The number of carbonyl (C=O) groups is 1. The second-order valence-electron chi connectivity index (χ2n) is 7.76. The smallest absolute Gasteiger partial charge is 0.262 e. The molecule has 0 saturated carbocycles. The Bertz CT molecular complexity index is 944. The van der Waals surface area contributed by atoms with Gasteiger partial charge in [0, 0.05) is 24.3 Å². The zero-order chi connectivity index (χ0) is 23.1. The van der Waals surface area contributed by atoms with Crippen LogP contribution in [-0.4, -0.2) is 49.2 Å². The molecule has 0 atom stereocenters. The predicted octanol–water partition coefficient (Wildman–Crippen LogP) is 5.28. The normalized spacial score (nSPS) is 14.1. The number of likely N-dealkylation sites (tertiary alicyclic amines) is 1. The molecule has 0 aliphatic carbocycles. The fraction of sp³-hybridized carbons (Fsp3) is 0.417. The van der Waals surface area contributed by atoms with Crippen LogP contribution in [0.5, 0.6) is 17.2 Å². The molecule has 3 rings (SSSR count). The van der Waals surface area contributed by atoms with Crippen LogP contribution >= 0.6 is 28.1 Å². The Kier molecular flexibility index (Phi) is 8.75. The van der Waals surface area contributed by atoms with Crippen LogP contribution in [0.4, 0.5) is 5.69 Å². The van der Waals surface area contributed by atoms with E-state index in [2.05, 4.69) is 33.1 Å². The molecular formula is C24H29BrN2O4S. The summed E-state index contributed by atoms with van der Waals surface area (Å²) in [6, 6.07) is 11.0. The molecule has 0 aromatic heterocycles. The lowest BCUT2D eigenvalue weighted by molar-refractivity contribution is -0.118. The first-order valence-corrected chi connectivity index (χ1v) is 11.9. The highest BCUT2D eigenvalue weighted by molar-refractivity contribution is 9.10. The fourth-order valence-electron chi connectivity index (χ4n) is 3.51. The van der Waals surface area contributed by atoms with Crippen molar-refractivity contribution < 1.29 is 19.0 Å². The van der Waals surface area contributed by atoms with E-state index in [0.29, 0.717) is 28.3 Å². The summed E-state index contributed by atoms with van der Waals surface area (Å²) in [7, 11) is 1.57. The molecule has 1 aliphatic rings. The molecule has 1 saturated heterocycles. The minimum atomic E-state index is -0.273. The van der Waals surface area contributed by atoms with E-state index in [1.54, 1.807) is 19.2 Å². The molecule has 1 aliphatic heterocycles. The molecule has 1 N–H and O–H groups in total. The number of amides is 1. The zero-order valence-corrected chi connectivity index (χ0v) is 21.1. The Hall–Kier alpha value is -2.32. The molecule has 2 aromatic rings. The maximum atomic E-state index is 12.4. The molecule has 6 nitrogen and oxygen atoms in total. The van der Waals surface area contributed by atoms with Crippen molar-refractivity contribution in [3.05, 3.63) is 46.4 Å². The second kappa shape index (κ2) is 11.5. The third kappa shape index (κ3) is 6.36. The van der Waals surface area contributed by atoms with Crippen molar-refractivity contribution in [2.24, 2.45) is 5.92 Å². The molecule has 8 heteroatoms. The highest BCUT2D eigenvalue weighted by Crippen LogP contribution is 2.37. The maximum Gasteiger partial charge on any atom is 0.262 e. The lowest BCUT2D eigenvalue weighted by Crippen LogP contribution is -2.37. The Morgan fingerprint density at radius 3 is 2.50 bits per heavy atom. The van der Waals surface area contributed by atoms with E-state index in [1.807, 2.05) is 31.2 Å². The summed E-state index contributed by atoms with van der Waals surface area (Å²) in [4.78, 5) is 15.4.